The summed E-state index contributed by atoms with van der Waals surface area (Å²) in [5, 5.41) is 12.2. The van der Waals surface area contributed by atoms with Crippen molar-refractivity contribution in [1.29, 1.82) is 0 Å². The normalized spacial score (nSPS) is 23.3. The molecule has 0 atom stereocenters. The van der Waals surface area contributed by atoms with E-state index in [0.717, 1.165) is 37.1 Å². The van der Waals surface area contributed by atoms with Gasteiger partial charge in [-0.2, -0.15) is 0 Å². The number of anilines is 1. The lowest BCUT2D eigenvalue weighted by molar-refractivity contribution is -0.139. The lowest BCUT2D eigenvalue weighted by Gasteiger charge is -2.42. The van der Waals surface area contributed by atoms with Gasteiger partial charge in [0.15, 0.2) is 0 Å². The Labute approximate surface area is 164 Å². The quantitative estimate of drug-likeness (QED) is 0.745. The van der Waals surface area contributed by atoms with Crippen LogP contribution in [0.3, 0.4) is 0 Å². The molecule has 0 bridgehead atoms. The van der Waals surface area contributed by atoms with E-state index >= 15 is 0 Å². The predicted octanol–water partition coefficient (Wildman–Crippen LogP) is 1.65. The molecule has 0 saturated heterocycles. The van der Waals surface area contributed by atoms with Crippen molar-refractivity contribution < 1.29 is 19.5 Å². The lowest BCUT2D eigenvalue weighted by atomic mass is 9.85. The molecule has 2 saturated carbocycles. The number of carbonyl (C=O) groups is 3. The Balaban J connectivity index is 1.31. The number of nitrogens with zero attached hydrogens (tertiary/aromatic N) is 2. The number of fused-ring (bicyclic) bond motifs is 1. The summed E-state index contributed by atoms with van der Waals surface area (Å²) in [6.45, 7) is 3.16. The minimum absolute atomic E-state index is 0.0218. The summed E-state index contributed by atoms with van der Waals surface area (Å²) < 4.78 is 0. The zero-order chi connectivity index (χ0) is 19.8. The summed E-state index contributed by atoms with van der Waals surface area (Å²) in [5.74, 6) is -0.215. The van der Waals surface area contributed by atoms with E-state index in [9.17, 15) is 14.4 Å². The average Bonchev–Trinajstić information content (AvgIpc) is 3.31. The third-order valence-corrected chi connectivity index (χ3v) is 6.11. The average molecular weight is 385 g/mol. The van der Waals surface area contributed by atoms with Crippen molar-refractivity contribution in [2.75, 3.05) is 24.5 Å². The summed E-state index contributed by atoms with van der Waals surface area (Å²) in [6, 6.07) is 5.84. The number of amides is 2. The van der Waals surface area contributed by atoms with Crippen molar-refractivity contribution >= 4 is 23.5 Å². The molecule has 1 aromatic rings. The summed E-state index contributed by atoms with van der Waals surface area (Å²) in [4.78, 5) is 39.2. The van der Waals surface area contributed by atoms with Crippen molar-refractivity contribution in [3.63, 3.8) is 0 Å². The van der Waals surface area contributed by atoms with Gasteiger partial charge in [-0.25, -0.2) is 0 Å². The number of hydrogen-bond donors (Lipinski definition) is 2. The van der Waals surface area contributed by atoms with E-state index in [1.165, 1.54) is 12.8 Å². The Morgan fingerprint density at radius 1 is 1.25 bits per heavy atom. The Hall–Kier alpha value is -2.41. The molecule has 0 radical (unpaired) electrons. The molecule has 2 fully saturated rings. The van der Waals surface area contributed by atoms with E-state index < -0.39 is 5.97 Å². The highest BCUT2D eigenvalue weighted by molar-refractivity contribution is 5.98. The van der Waals surface area contributed by atoms with Gasteiger partial charge in [-0.3, -0.25) is 19.3 Å². The van der Waals surface area contributed by atoms with Crippen LogP contribution < -0.4 is 10.2 Å². The van der Waals surface area contributed by atoms with Gasteiger partial charge < -0.3 is 15.3 Å². The van der Waals surface area contributed by atoms with Crippen LogP contribution in [0.4, 0.5) is 5.69 Å². The summed E-state index contributed by atoms with van der Waals surface area (Å²) in [5.41, 5.74) is 2.55. The fourth-order valence-corrected chi connectivity index (χ4v) is 4.29. The number of nitrogens with one attached hydrogen (secondary N) is 1. The summed E-state index contributed by atoms with van der Waals surface area (Å²) in [6.07, 6.45) is 4.77. The number of aliphatic carboxylic acids is 1. The Kier molecular flexibility index (Phi) is 5.10. The van der Waals surface area contributed by atoms with Gasteiger partial charge in [0.2, 0.25) is 5.91 Å². The van der Waals surface area contributed by atoms with E-state index in [2.05, 4.69) is 10.2 Å². The molecule has 2 aliphatic carbocycles. The van der Waals surface area contributed by atoms with Gasteiger partial charge in [0.25, 0.3) is 5.91 Å². The SMILES string of the molecule is CC(=O)N1CCc2cc(C(=O)NC3CC(N(CC(=O)O)CC4CC4)C3)ccc21. The van der Waals surface area contributed by atoms with Gasteiger partial charge in [0.1, 0.15) is 0 Å². The maximum absolute atomic E-state index is 12.6. The lowest BCUT2D eigenvalue weighted by Crippen LogP contribution is -2.55. The van der Waals surface area contributed by atoms with Crippen LogP contribution >= 0.6 is 0 Å². The van der Waals surface area contributed by atoms with E-state index in [0.29, 0.717) is 18.0 Å². The maximum Gasteiger partial charge on any atom is 0.317 e. The second-order valence-corrected chi connectivity index (χ2v) is 8.33. The first kappa shape index (κ1) is 18.9. The smallest absolute Gasteiger partial charge is 0.317 e. The molecule has 7 heteroatoms. The molecule has 0 unspecified atom stereocenters. The second-order valence-electron chi connectivity index (χ2n) is 8.33. The molecule has 1 aliphatic heterocycles. The fraction of sp³-hybridized carbons (Fsp3) is 0.571. The molecular weight excluding hydrogens is 358 g/mol. The van der Waals surface area contributed by atoms with Gasteiger partial charge in [-0.1, -0.05) is 0 Å². The Bertz CT molecular complexity index is 799. The van der Waals surface area contributed by atoms with Crippen molar-refractivity contribution in [1.82, 2.24) is 10.2 Å². The molecule has 1 aromatic carbocycles. The van der Waals surface area contributed by atoms with E-state index in [-0.39, 0.29) is 30.4 Å². The van der Waals surface area contributed by atoms with E-state index in [1.54, 1.807) is 17.9 Å². The van der Waals surface area contributed by atoms with Gasteiger partial charge in [0.05, 0.1) is 6.54 Å². The Morgan fingerprint density at radius 3 is 2.64 bits per heavy atom. The third kappa shape index (κ3) is 4.04. The molecule has 3 aliphatic rings. The highest BCUT2D eigenvalue weighted by atomic mass is 16.4. The van der Waals surface area contributed by atoms with Crippen LogP contribution in [0.5, 0.6) is 0 Å². The second kappa shape index (κ2) is 7.54. The van der Waals surface area contributed by atoms with Gasteiger partial charge >= 0.3 is 5.97 Å². The number of carboxylic acids is 1. The van der Waals surface area contributed by atoms with E-state index in [1.807, 2.05) is 12.1 Å². The summed E-state index contributed by atoms with van der Waals surface area (Å²) >= 11 is 0. The molecule has 150 valence electrons. The highest BCUT2D eigenvalue weighted by Crippen LogP contribution is 2.34. The minimum Gasteiger partial charge on any atom is -0.480 e. The van der Waals surface area contributed by atoms with Crippen LogP contribution in [0.1, 0.15) is 48.5 Å². The van der Waals surface area contributed by atoms with Gasteiger partial charge in [-0.15, -0.1) is 0 Å². The standard InChI is InChI=1S/C21H27N3O4/c1-13(25)24-7-6-15-8-16(4-5-19(15)24)21(28)22-17-9-18(10-17)23(12-20(26)27)11-14-2-3-14/h4-5,8,14,17-18H,2-3,6-7,9-12H2,1H3,(H,22,28)(H,26,27). The molecule has 0 aromatic heterocycles. The first-order chi connectivity index (χ1) is 13.4. The van der Waals surface area contributed by atoms with Crippen LogP contribution in [0, 0.1) is 5.92 Å². The predicted molar refractivity (Wildman–Crippen MR) is 104 cm³/mol. The van der Waals surface area contributed by atoms with Crippen LogP contribution in [-0.4, -0.2) is 59.5 Å². The van der Waals surface area contributed by atoms with Crippen LogP contribution in [-0.2, 0) is 16.0 Å². The monoisotopic (exact) mass is 385 g/mol. The molecule has 2 N–H and O–H groups in total. The number of carbonyl (C=O) groups excluding carboxylic acids is 2. The Morgan fingerprint density at radius 2 is 2.00 bits per heavy atom. The van der Waals surface area contributed by atoms with Crippen LogP contribution in [0.25, 0.3) is 0 Å². The molecule has 2 amide bonds. The fourth-order valence-electron chi connectivity index (χ4n) is 4.29. The van der Waals surface area contributed by atoms with Crippen molar-refractivity contribution in [3.8, 4) is 0 Å². The topological polar surface area (TPSA) is 90.0 Å². The number of rotatable bonds is 7. The molecule has 1 heterocycles. The molecular formula is C21H27N3O4. The van der Waals surface area contributed by atoms with Crippen LogP contribution in [0.15, 0.2) is 18.2 Å². The van der Waals surface area contributed by atoms with Gasteiger partial charge in [0, 0.05) is 43.3 Å². The van der Waals surface area contributed by atoms with Crippen molar-refractivity contribution in [2.45, 2.75) is 51.1 Å². The zero-order valence-corrected chi connectivity index (χ0v) is 16.2. The van der Waals surface area contributed by atoms with E-state index in [4.69, 9.17) is 5.11 Å². The first-order valence-corrected chi connectivity index (χ1v) is 10.1. The largest absolute Gasteiger partial charge is 0.480 e. The summed E-state index contributed by atoms with van der Waals surface area (Å²) in [7, 11) is 0. The highest BCUT2D eigenvalue weighted by Gasteiger charge is 2.38. The maximum atomic E-state index is 12.6. The van der Waals surface area contributed by atoms with Crippen molar-refractivity contribution in [3.05, 3.63) is 29.3 Å². The number of carboxylic acid groups (broad SMARTS) is 1. The number of hydrogen-bond acceptors (Lipinski definition) is 4. The zero-order valence-electron chi connectivity index (χ0n) is 16.2. The van der Waals surface area contributed by atoms with Crippen LogP contribution in [0.2, 0.25) is 0 Å². The molecule has 7 nitrogen and oxygen atoms in total. The van der Waals surface area contributed by atoms with Gasteiger partial charge in [-0.05, 0) is 61.8 Å². The van der Waals surface area contributed by atoms with Crippen molar-refractivity contribution in [2.24, 2.45) is 5.92 Å². The first-order valence-electron chi connectivity index (χ1n) is 10.1. The number of benzene rings is 1. The molecule has 4 rings (SSSR count). The minimum atomic E-state index is -0.786. The molecule has 28 heavy (non-hydrogen) atoms. The third-order valence-electron chi connectivity index (χ3n) is 6.11. The molecule has 0 spiro atoms.